The lowest BCUT2D eigenvalue weighted by Gasteiger charge is -2.01. The highest BCUT2D eigenvalue weighted by atomic mass is 32.2. The third-order valence-electron chi connectivity index (χ3n) is 1.85. The molecular formula is C16H22S. The van der Waals surface area contributed by atoms with Crippen LogP contribution in [0.1, 0.15) is 27.2 Å². The number of hydrogen-bond donors (Lipinski definition) is 0. The van der Waals surface area contributed by atoms with Crippen molar-refractivity contribution in [1.82, 2.24) is 0 Å². The first-order valence-corrected chi connectivity index (χ1v) is 6.85. The first kappa shape index (κ1) is 15.8. The predicted octanol–water partition coefficient (Wildman–Crippen LogP) is 5.79. The molecular weight excluding hydrogens is 224 g/mol. The molecule has 0 bridgehead atoms. The summed E-state index contributed by atoms with van der Waals surface area (Å²) in [5.74, 6) is 0. The Kier molecular flexibility index (Phi) is 10.5. The summed E-state index contributed by atoms with van der Waals surface area (Å²) in [4.78, 5) is 2.45. The molecule has 0 fully saturated rings. The highest BCUT2D eigenvalue weighted by Crippen LogP contribution is 2.28. The number of rotatable bonds is 4. The van der Waals surface area contributed by atoms with Crippen molar-refractivity contribution in [1.29, 1.82) is 0 Å². The molecule has 0 saturated heterocycles. The van der Waals surface area contributed by atoms with Crippen LogP contribution in [0.15, 0.2) is 71.1 Å². The van der Waals surface area contributed by atoms with Gasteiger partial charge in [-0.1, -0.05) is 74.7 Å². The van der Waals surface area contributed by atoms with Crippen molar-refractivity contribution in [3.05, 3.63) is 71.1 Å². The Morgan fingerprint density at radius 2 is 2.12 bits per heavy atom. The lowest BCUT2D eigenvalue weighted by Crippen LogP contribution is -1.73. The number of allylic oxidation sites excluding steroid dienone is 9. The van der Waals surface area contributed by atoms with Crippen LogP contribution in [0.5, 0.6) is 0 Å². The van der Waals surface area contributed by atoms with Gasteiger partial charge >= 0.3 is 0 Å². The summed E-state index contributed by atoms with van der Waals surface area (Å²) in [6.45, 7) is 9.82. The van der Waals surface area contributed by atoms with Gasteiger partial charge in [0.1, 0.15) is 0 Å². The van der Waals surface area contributed by atoms with Crippen LogP contribution in [-0.4, -0.2) is 0 Å². The summed E-state index contributed by atoms with van der Waals surface area (Å²) in [6.07, 6.45) is 19.7. The quantitative estimate of drug-likeness (QED) is 0.566. The average Bonchev–Trinajstić information content (AvgIpc) is 2.65. The van der Waals surface area contributed by atoms with E-state index in [0.29, 0.717) is 0 Å². The predicted molar refractivity (Wildman–Crippen MR) is 83.0 cm³/mol. The van der Waals surface area contributed by atoms with E-state index in [4.69, 9.17) is 0 Å². The third kappa shape index (κ3) is 7.64. The summed E-state index contributed by atoms with van der Waals surface area (Å²) in [5.41, 5.74) is 0. The Labute approximate surface area is 110 Å². The molecule has 0 aromatic carbocycles. The van der Waals surface area contributed by atoms with Crippen molar-refractivity contribution in [3.8, 4) is 0 Å². The fraction of sp³-hybridized carbons (Fsp3) is 0.250. The van der Waals surface area contributed by atoms with Crippen LogP contribution in [0, 0.1) is 0 Å². The van der Waals surface area contributed by atoms with E-state index < -0.39 is 0 Å². The van der Waals surface area contributed by atoms with Crippen molar-refractivity contribution in [2.75, 3.05) is 0 Å². The molecule has 0 N–H and O–H groups in total. The number of hydrogen-bond acceptors (Lipinski definition) is 1. The highest BCUT2D eigenvalue weighted by molar-refractivity contribution is 8.07. The maximum atomic E-state index is 3.81. The first-order valence-electron chi connectivity index (χ1n) is 6.03. The maximum Gasteiger partial charge on any atom is 0.0116 e. The Morgan fingerprint density at radius 3 is 2.76 bits per heavy atom. The van der Waals surface area contributed by atoms with E-state index >= 15 is 0 Å². The smallest absolute Gasteiger partial charge is 0.0116 e. The van der Waals surface area contributed by atoms with E-state index in [0.717, 1.165) is 6.42 Å². The lowest BCUT2D eigenvalue weighted by molar-refractivity contribution is 1.40. The minimum absolute atomic E-state index is 1.00. The molecule has 1 heteroatoms. The zero-order valence-electron chi connectivity index (χ0n) is 11.0. The van der Waals surface area contributed by atoms with Gasteiger partial charge in [0, 0.05) is 9.81 Å². The molecule has 0 spiro atoms. The Morgan fingerprint density at radius 1 is 1.35 bits per heavy atom. The molecule has 0 atom stereocenters. The molecule has 0 aliphatic heterocycles. The van der Waals surface area contributed by atoms with E-state index in [2.05, 4.69) is 43.0 Å². The van der Waals surface area contributed by atoms with Gasteiger partial charge in [-0.05, 0) is 25.5 Å². The highest BCUT2D eigenvalue weighted by Gasteiger charge is 1.97. The van der Waals surface area contributed by atoms with Crippen molar-refractivity contribution >= 4 is 11.8 Å². The second kappa shape index (κ2) is 11.3. The molecule has 0 unspecified atom stereocenters. The fourth-order valence-electron chi connectivity index (χ4n) is 1.11. The van der Waals surface area contributed by atoms with E-state index in [9.17, 15) is 0 Å². The molecule has 0 amide bonds. The van der Waals surface area contributed by atoms with E-state index in [1.165, 1.54) is 9.81 Å². The molecule has 1 aliphatic rings. The maximum absolute atomic E-state index is 3.81. The van der Waals surface area contributed by atoms with Crippen LogP contribution >= 0.6 is 11.8 Å². The second-order valence-corrected chi connectivity index (χ2v) is 4.18. The van der Waals surface area contributed by atoms with Crippen LogP contribution < -0.4 is 0 Å². The Hall–Kier alpha value is -1.21. The topological polar surface area (TPSA) is 0 Å². The molecule has 17 heavy (non-hydrogen) atoms. The van der Waals surface area contributed by atoms with Crippen LogP contribution in [0.4, 0.5) is 0 Å². The third-order valence-corrected chi connectivity index (χ3v) is 2.93. The van der Waals surface area contributed by atoms with Gasteiger partial charge in [0.15, 0.2) is 0 Å². The monoisotopic (exact) mass is 246 g/mol. The number of thioether (sulfide) groups is 1. The van der Waals surface area contributed by atoms with Gasteiger partial charge in [0.2, 0.25) is 0 Å². The standard InChI is InChI=1S/C14H16S.C2H6/c1-3-5-10-13(4-2)15-14-11-8-6-7-9-12-14;1-2/h3-8,10-12H,2,9H2,1H3;1-2H3/b5-3-,13-10+;. The minimum Gasteiger partial charge on any atom is -0.0979 e. The van der Waals surface area contributed by atoms with Crippen molar-refractivity contribution in [2.45, 2.75) is 27.2 Å². The summed E-state index contributed by atoms with van der Waals surface area (Å²) in [7, 11) is 0. The van der Waals surface area contributed by atoms with Gasteiger partial charge < -0.3 is 0 Å². The normalized spacial score (nSPS) is 15.0. The lowest BCUT2D eigenvalue weighted by atomic mass is 10.4. The van der Waals surface area contributed by atoms with Gasteiger partial charge in [-0.3, -0.25) is 0 Å². The Bertz CT molecular complexity index is 352. The SMILES string of the molecule is C=C/C(=C\C=C/C)SC1=CCC=CC=C1.CC. The van der Waals surface area contributed by atoms with Gasteiger partial charge in [-0.15, -0.1) is 0 Å². The van der Waals surface area contributed by atoms with Crippen LogP contribution in [-0.2, 0) is 0 Å². The van der Waals surface area contributed by atoms with E-state index in [-0.39, 0.29) is 0 Å². The summed E-state index contributed by atoms with van der Waals surface area (Å²) < 4.78 is 0. The zero-order chi connectivity index (χ0) is 12.9. The minimum atomic E-state index is 1.00. The van der Waals surface area contributed by atoms with Crippen LogP contribution in [0.3, 0.4) is 0 Å². The van der Waals surface area contributed by atoms with E-state index in [1.807, 2.05) is 39.0 Å². The molecule has 0 saturated carbocycles. The molecule has 92 valence electrons. The average molecular weight is 246 g/mol. The molecule has 1 rings (SSSR count). The van der Waals surface area contributed by atoms with Gasteiger partial charge in [0.25, 0.3) is 0 Å². The molecule has 1 aliphatic carbocycles. The van der Waals surface area contributed by atoms with Crippen molar-refractivity contribution in [3.63, 3.8) is 0 Å². The van der Waals surface area contributed by atoms with Gasteiger partial charge in [-0.25, -0.2) is 0 Å². The van der Waals surface area contributed by atoms with Gasteiger partial charge in [-0.2, -0.15) is 0 Å². The summed E-state index contributed by atoms with van der Waals surface area (Å²) in [5, 5.41) is 0. The first-order chi connectivity index (χ1) is 8.36. The second-order valence-electron chi connectivity index (χ2n) is 3.03. The molecule has 0 nitrogen and oxygen atoms in total. The van der Waals surface area contributed by atoms with Crippen molar-refractivity contribution < 1.29 is 0 Å². The largest absolute Gasteiger partial charge is 0.0979 e. The summed E-state index contributed by atoms with van der Waals surface area (Å²) in [6, 6.07) is 0. The van der Waals surface area contributed by atoms with Gasteiger partial charge in [0.05, 0.1) is 0 Å². The molecule has 0 heterocycles. The zero-order valence-corrected chi connectivity index (χ0v) is 11.8. The molecule has 0 aromatic heterocycles. The summed E-state index contributed by atoms with van der Waals surface area (Å²) >= 11 is 1.75. The molecule has 0 aromatic rings. The Balaban J connectivity index is 0.00000121. The van der Waals surface area contributed by atoms with Crippen molar-refractivity contribution in [2.24, 2.45) is 0 Å². The van der Waals surface area contributed by atoms with Crippen LogP contribution in [0.2, 0.25) is 0 Å². The fourth-order valence-corrected chi connectivity index (χ4v) is 1.93. The molecule has 0 radical (unpaired) electrons. The van der Waals surface area contributed by atoms with Crippen LogP contribution in [0.25, 0.3) is 0 Å². The van der Waals surface area contributed by atoms with E-state index in [1.54, 1.807) is 11.8 Å².